The molecule has 23 heavy (non-hydrogen) atoms. The molecule has 0 bridgehead atoms. The summed E-state index contributed by atoms with van der Waals surface area (Å²) in [7, 11) is 1.56. The molecule has 0 fully saturated rings. The van der Waals surface area contributed by atoms with Crippen LogP contribution in [0.1, 0.15) is 15.9 Å². The maximum absolute atomic E-state index is 12.1. The Balaban J connectivity index is 2.03. The fraction of sp³-hybridized carbons (Fsp3) is 0.176. The van der Waals surface area contributed by atoms with Crippen molar-refractivity contribution in [2.75, 3.05) is 24.2 Å². The number of benzene rings is 2. The number of rotatable bonds is 5. The molecule has 2 aromatic rings. The predicted octanol–water partition coefficient (Wildman–Crippen LogP) is 3.06. The van der Waals surface area contributed by atoms with Crippen LogP contribution in [0.15, 0.2) is 42.5 Å². The predicted molar refractivity (Wildman–Crippen MR) is 93.1 cm³/mol. The Morgan fingerprint density at radius 3 is 2.48 bits per heavy atom. The Labute approximate surface area is 140 Å². The lowest BCUT2D eigenvalue weighted by Crippen LogP contribution is -2.24. The Morgan fingerprint density at radius 1 is 1.04 bits per heavy atom. The number of hydrogen-bond acceptors (Lipinski definition) is 3. The van der Waals surface area contributed by atoms with Crippen molar-refractivity contribution < 1.29 is 9.59 Å². The van der Waals surface area contributed by atoms with Crippen molar-refractivity contribution in [2.45, 2.75) is 6.92 Å². The molecule has 2 rings (SSSR count). The van der Waals surface area contributed by atoms with E-state index in [0.29, 0.717) is 22.0 Å². The lowest BCUT2D eigenvalue weighted by atomic mass is 10.1. The van der Waals surface area contributed by atoms with E-state index >= 15 is 0 Å². The van der Waals surface area contributed by atoms with Crippen LogP contribution < -0.4 is 16.0 Å². The van der Waals surface area contributed by atoms with Gasteiger partial charge in [-0.05, 0) is 36.8 Å². The monoisotopic (exact) mass is 331 g/mol. The quantitative estimate of drug-likeness (QED) is 0.788. The van der Waals surface area contributed by atoms with Gasteiger partial charge in [-0.1, -0.05) is 29.8 Å². The second kappa shape index (κ2) is 7.65. The second-order valence-electron chi connectivity index (χ2n) is 4.94. The van der Waals surface area contributed by atoms with Gasteiger partial charge < -0.3 is 16.0 Å². The first-order valence-corrected chi connectivity index (χ1v) is 7.50. The zero-order chi connectivity index (χ0) is 16.8. The third-order valence-corrected chi connectivity index (χ3v) is 3.79. The molecule has 0 aromatic heterocycles. The number of carbonyl (C=O) groups is 2. The van der Waals surface area contributed by atoms with Gasteiger partial charge in [-0.15, -0.1) is 0 Å². The average molecular weight is 332 g/mol. The molecule has 6 heteroatoms. The zero-order valence-corrected chi connectivity index (χ0v) is 13.7. The maximum Gasteiger partial charge on any atom is 0.253 e. The number of halogens is 1. The van der Waals surface area contributed by atoms with Crippen LogP contribution in [-0.4, -0.2) is 25.4 Å². The fourth-order valence-corrected chi connectivity index (χ4v) is 2.26. The number of amides is 2. The average Bonchev–Trinajstić information content (AvgIpc) is 2.56. The van der Waals surface area contributed by atoms with Crippen molar-refractivity contribution in [3.05, 3.63) is 58.6 Å². The van der Waals surface area contributed by atoms with Crippen molar-refractivity contribution in [1.82, 2.24) is 5.32 Å². The summed E-state index contributed by atoms with van der Waals surface area (Å²) < 4.78 is 0. The molecule has 0 aliphatic heterocycles. The highest BCUT2D eigenvalue weighted by Crippen LogP contribution is 2.22. The van der Waals surface area contributed by atoms with Gasteiger partial charge in [0.15, 0.2) is 0 Å². The lowest BCUT2D eigenvalue weighted by Gasteiger charge is -2.12. The van der Waals surface area contributed by atoms with Crippen LogP contribution in [0.4, 0.5) is 11.4 Å². The van der Waals surface area contributed by atoms with Gasteiger partial charge >= 0.3 is 0 Å². The molecule has 2 aromatic carbocycles. The topological polar surface area (TPSA) is 70.2 Å². The lowest BCUT2D eigenvalue weighted by molar-refractivity contribution is -0.114. The Hall–Kier alpha value is -2.53. The first-order valence-electron chi connectivity index (χ1n) is 7.13. The molecule has 120 valence electrons. The van der Waals surface area contributed by atoms with Crippen molar-refractivity contribution in [1.29, 1.82) is 0 Å². The minimum Gasteiger partial charge on any atom is -0.376 e. The zero-order valence-electron chi connectivity index (χ0n) is 12.9. The van der Waals surface area contributed by atoms with Crippen molar-refractivity contribution in [3.63, 3.8) is 0 Å². The van der Waals surface area contributed by atoms with Crippen molar-refractivity contribution in [3.8, 4) is 0 Å². The van der Waals surface area contributed by atoms with E-state index in [0.717, 1.165) is 5.56 Å². The molecule has 5 nitrogen and oxygen atoms in total. The van der Waals surface area contributed by atoms with E-state index in [1.54, 1.807) is 49.5 Å². The molecule has 0 atom stereocenters. The van der Waals surface area contributed by atoms with E-state index < -0.39 is 0 Å². The number of para-hydroxylation sites is 1. The van der Waals surface area contributed by atoms with Crippen LogP contribution in [0.2, 0.25) is 5.02 Å². The highest BCUT2D eigenvalue weighted by Gasteiger charge is 2.11. The standard InChI is InChI=1S/C17H18ClN3O2/c1-11-13(18)7-5-9-14(11)21-16(22)10-20-15-8-4-3-6-12(15)17(23)19-2/h3-9,20H,10H2,1-2H3,(H,19,23)(H,21,22). The highest BCUT2D eigenvalue weighted by atomic mass is 35.5. The van der Waals surface area contributed by atoms with Gasteiger partial charge in [0.25, 0.3) is 5.91 Å². The molecule has 0 aliphatic rings. The third-order valence-electron chi connectivity index (χ3n) is 3.38. The molecule has 2 amide bonds. The number of carbonyl (C=O) groups excluding carboxylic acids is 2. The molecule has 0 spiro atoms. The summed E-state index contributed by atoms with van der Waals surface area (Å²) >= 11 is 6.03. The summed E-state index contributed by atoms with van der Waals surface area (Å²) in [5.74, 6) is -0.429. The molecule has 3 N–H and O–H groups in total. The third kappa shape index (κ3) is 4.23. The van der Waals surface area contributed by atoms with Gasteiger partial charge in [-0.25, -0.2) is 0 Å². The van der Waals surface area contributed by atoms with Crippen molar-refractivity contribution in [2.24, 2.45) is 0 Å². The summed E-state index contributed by atoms with van der Waals surface area (Å²) in [6.45, 7) is 1.88. The fourth-order valence-electron chi connectivity index (χ4n) is 2.08. The van der Waals surface area contributed by atoms with Gasteiger partial charge in [0, 0.05) is 23.4 Å². The molecule has 0 aliphatic carbocycles. The summed E-state index contributed by atoms with van der Waals surface area (Å²) in [5.41, 5.74) is 2.57. The summed E-state index contributed by atoms with van der Waals surface area (Å²) in [4.78, 5) is 23.9. The molecule has 0 radical (unpaired) electrons. The first kappa shape index (κ1) is 16.8. The number of nitrogens with one attached hydrogen (secondary N) is 3. The van der Waals surface area contributed by atoms with E-state index in [2.05, 4.69) is 16.0 Å². The molecule has 0 unspecified atom stereocenters. The number of hydrogen-bond donors (Lipinski definition) is 3. The Bertz CT molecular complexity index is 732. The largest absolute Gasteiger partial charge is 0.376 e. The van der Waals surface area contributed by atoms with Gasteiger partial charge in [-0.3, -0.25) is 9.59 Å². The molecular formula is C17H18ClN3O2. The van der Waals surface area contributed by atoms with Crippen LogP contribution >= 0.6 is 11.6 Å². The molecule has 0 saturated carbocycles. The SMILES string of the molecule is CNC(=O)c1ccccc1NCC(=O)Nc1cccc(Cl)c1C. The summed E-state index contributed by atoms with van der Waals surface area (Å²) in [6.07, 6.45) is 0. The van der Waals surface area contributed by atoms with E-state index in [9.17, 15) is 9.59 Å². The molecular weight excluding hydrogens is 314 g/mol. The first-order chi connectivity index (χ1) is 11.0. The minimum absolute atomic E-state index is 0.0416. The van der Waals surface area contributed by atoms with E-state index in [4.69, 9.17) is 11.6 Å². The van der Waals surface area contributed by atoms with Gasteiger partial charge in [0.2, 0.25) is 5.91 Å². The van der Waals surface area contributed by atoms with Gasteiger partial charge in [-0.2, -0.15) is 0 Å². The van der Waals surface area contributed by atoms with Crippen LogP contribution in [0, 0.1) is 6.92 Å². The maximum atomic E-state index is 12.1. The normalized spacial score (nSPS) is 10.0. The van der Waals surface area contributed by atoms with E-state index in [1.807, 2.05) is 6.92 Å². The van der Waals surface area contributed by atoms with Crippen LogP contribution in [-0.2, 0) is 4.79 Å². The molecule has 0 saturated heterocycles. The minimum atomic E-state index is -0.220. The van der Waals surface area contributed by atoms with E-state index in [1.165, 1.54) is 0 Å². The summed E-state index contributed by atoms with van der Waals surface area (Å²) in [5, 5.41) is 8.94. The van der Waals surface area contributed by atoms with Gasteiger partial charge in [0.05, 0.1) is 12.1 Å². The van der Waals surface area contributed by atoms with Crippen LogP contribution in [0.3, 0.4) is 0 Å². The van der Waals surface area contributed by atoms with Crippen molar-refractivity contribution >= 4 is 34.8 Å². The molecule has 0 heterocycles. The van der Waals surface area contributed by atoms with E-state index in [-0.39, 0.29) is 18.4 Å². The highest BCUT2D eigenvalue weighted by molar-refractivity contribution is 6.31. The number of anilines is 2. The van der Waals surface area contributed by atoms with Crippen LogP contribution in [0.5, 0.6) is 0 Å². The Morgan fingerprint density at radius 2 is 1.74 bits per heavy atom. The Kier molecular flexibility index (Phi) is 5.60. The summed E-state index contributed by atoms with van der Waals surface area (Å²) in [6, 6.07) is 12.4. The second-order valence-corrected chi connectivity index (χ2v) is 5.35. The smallest absolute Gasteiger partial charge is 0.253 e. The van der Waals surface area contributed by atoms with Crippen LogP contribution in [0.25, 0.3) is 0 Å². The van der Waals surface area contributed by atoms with Gasteiger partial charge in [0.1, 0.15) is 0 Å².